The minimum Gasteiger partial charge on any atom is -0.460 e. The molecule has 0 spiro atoms. The Labute approximate surface area is 80.7 Å². The van der Waals surface area contributed by atoms with E-state index in [-0.39, 0.29) is 11.6 Å². The molecule has 0 amide bonds. The lowest BCUT2D eigenvalue weighted by Crippen LogP contribution is -2.23. The molecule has 0 unspecified atom stereocenters. The molecule has 0 radical (unpaired) electrons. The summed E-state index contributed by atoms with van der Waals surface area (Å²) < 4.78 is 5.21. The van der Waals surface area contributed by atoms with Gasteiger partial charge in [-0.05, 0) is 45.4 Å². The number of carbonyl (C=O) groups excluding carboxylic acids is 1. The van der Waals surface area contributed by atoms with Gasteiger partial charge in [0.25, 0.3) is 0 Å². The van der Waals surface area contributed by atoms with Crippen LogP contribution in [0, 0.1) is 11.8 Å². The fraction of sp³-hybridized carbons (Fsp3) is 0.909. The molecule has 0 N–H and O–H groups in total. The summed E-state index contributed by atoms with van der Waals surface area (Å²) in [6.45, 7) is 7.96. The summed E-state index contributed by atoms with van der Waals surface area (Å²) in [5.74, 6) is 1.57. The molecule has 1 aliphatic rings. The van der Waals surface area contributed by atoms with Crippen LogP contribution < -0.4 is 0 Å². The van der Waals surface area contributed by atoms with E-state index in [1.807, 2.05) is 20.8 Å². The Morgan fingerprint density at radius 2 is 2.00 bits per heavy atom. The molecule has 76 valence electrons. The molecule has 2 nitrogen and oxygen atoms in total. The highest BCUT2D eigenvalue weighted by Gasteiger charge is 2.32. The molecular weight excluding hydrogens is 164 g/mol. The largest absolute Gasteiger partial charge is 0.460 e. The van der Waals surface area contributed by atoms with Gasteiger partial charge < -0.3 is 4.74 Å². The predicted molar refractivity (Wildman–Crippen MR) is 52.4 cm³/mol. The molecule has 0 saturated heterocycles. The van der Waals surface area contributed by atoms with Crippen molar-refractivity contribution in [3.05, 3.63) is 0 Å². The van der Waals surface area contributed by atoms with Gasteiger partial charge >= 0.3 is 5.97 Å². The first-order valence-corrected chi connectivity index (χ1v) is 5.10. The zero-order valence-corrected chi connectivity index (χ0v) is 9.09. The fourth-order valence-electron chi connectivity index (χ4n) is 1.50. The van der Waals surface area contributed by atoms with Gasteiger partial charge in [0.05, 0.1) is 0 Å². The van der Waals surface area contributed by atoms with Gasteiger partial charge in [0, 0.05) is 6.42 Å². The van der Waals surface area contributed by atoms with Gasteiger partial charge in [0.15, 0.2) is 0 Å². The van der Waals surface area contributed by atoms with Crippen LogP contribution in [0.4, 0.5) is 0 Å². The third-order valence-corrected chi connectivity index (χ3v) is 2.42. The predicted octanol–water partition coefficient (Wildman–Crippen LogP) is 2.76. The first-order chi connectivity index (χ1) is 5.88. The van der Waals surface area contributed by atoms with Crippen LogP contribution in [-0.4, -0.2) is 11.6 Å². The molecule has 0 heterocycles. The summed E-state index contributed by atoms with van der Waals surface area (Å²) in [7, 11) is 0. The van der Waals surface area contributed by atoms with Crippen molar-refractivity contribution in [2.45, 2.75) is 52.6 Å². The van der Waals surface area contributed by atoms with Gasteiger partial charge in [0.2, 0.25) is 0 Å². The zero-order valence-electron chi connectivity index (χ0n) is 9.09. The van der Waals surface area contributed by atoms with E-state index in [1.165, 1.54) is 6.42 Å². The molecule has 0 bridgehead atoms. The van der Waals surface area contributed by atoms with Gasteiger partial charge in [0.1, 0.15) is 5.60 Å². The normalized spacial score (nSPS) is 27.1. The van der Waals surface area contributed by atoms with Crippen molar-refractivity contribution < 1.29 is 9.53 Å². The molecule has 0 aromatic rings. The van der Waals surface area contributed by atoms with E-state index >= 15 is 0 Å². The Balaban J connectivity index is 2.11. The Morgan fingerprint density at radius 3 is 2.38 bits per heavy atom. The molecule has 1 fully saturated rings. The van der Waals surface area contributed by atoms with E-state index in [1.54, 1.807) is 0 Å². The smallest absolute Gasteiger partial charge is 0.306 e. The third kappa shape index (κ3) is 4.30. The second kappa shape index (κ2) is 3.69. The van der Waals surface area contributed by atoms with Gasteiger partial charge in [-0.15, -0.1) is 0 Å². The maximum Gasteiger partial charge on any atom is 0.306 e. The van der Waals surface area contributed by atoms with E-state index in [0.29, 0.717) is 6.42 Å². The van der Waals surface area contributed by atoms with Crippen LogP contribution in [0.2, 0.25) is 0 Å². The summed E-state index contributed by atoms with van der Waals surface area (Å²) in [4.78, 5) is 11.3. The quantitative estimate of drug-likeness (QED) is 0.630. The molecule has 0 aromatic carbocycles. The van der Waals surface area contributed by atoms with Crippen molar-refractivity contribution in [2.24, 2.45) is 11.8 Å². The van der Waals surface area contributed by atoms with Crippen LogP contribution in [0.5, 0.6) is 0 Å². The highest BCUT2D eigenvalue weighted by Crippen LogP contribution is 2.41. The zero-order chi connectivity index (χ0) is 10.1. The minimum atomic E-state index is -0.327. The summed E-state index contributed by atoms with van der Waals surface area (Å²) in [5, 5.41) is 0. The number of hydrogen-bond donors (Lipinski definition) is 0. The Hall–Kier alpha value is -0.530. The average Bonchev–Trinajstić information content (AvgIpc) is 2.58. The van der Waals surface area contributed by atoms with Crippen LogP contribution in [0.25, 0.3) is 0 Å². The molecule has 0 aromatic heterocycles. The lowest BCUT2D eigenvalue weighted by Gasteiger charge is -2.19. The average molecular weight is 184 g/mol. The van der Waals surface area contributed by atoms with E-state index in [9.17, 15) is 4.79 Å². The van der Waals surface area contributed by atoms with E-state index in [4.69, 9.17) is 4.74 Å². The Bertz CT molecular complexity index is 191. The third-order valence-electron chi connectivity index (χ3n) is 2.42. The Kier molecular flexibility index (Phi) is 2.99. The van der Waals surface area contributed by atoms with E-state index in [0.717, 1.165) is 18.3 Å². The van der Waals surface area contributed by atoms with Gasteiger partial charge in [-0.1, -0.05) is 6.92 Å². The van der Waals surface area contributed by atoms with Crippen LogP contribution in [0.3, 0.4) is 0 Å². The van der Waals surface area contributed by atoms with E-state index < -0.39 is 0 Å². The number of ether oxygens (including phenoxy) is 1. The number of rotatable bonds is 3. The minimum absolute atomic E-state index is 0.0494. The van der Waals surface area contributed by atoms with Crippen molar-refractivity contribution in [3.8, 4) is 0 Å². The molecule has 13 heavy (non-hydrogen) atoms. The number of carbonyl (C=O) groups is 1. The monoisotopic (exact) mass is 184 g/mol. The molecule has 2 atom stereocenters. The molecule has 1 saturated carbocycles. The molecule has 2 heteroatoms. The second-order valence-electron chi connectivity index (χ2n) is 5.10. The number of esters is 1. The van der Waals surface area contributed by atoms with Gasteiger partial charge in [-0.3, -0.25) is 4.79 Å². The van der Waals surface area contributed by atoms with E-state index in [2.05, 4.69) is 6.92 Å². The van der Waals surface area contributed by atoms with Crippen molar-refractivity contribution in [2.75, 3.05) is 0 Å². The SMILES string of the molecule is C[C@@H]1C[C@@H]1CCC(=O)OC(C)(C)C. The Morgan fingerprint density at radius 1 is 1.46 bits per heavy atom. The summed E-state index contributed by atoms with van der Waals surface area (Å²) in [5.41, 5.74) is -0.327. The summed E-state index contributed by atoms with van der Waals surface area (Å²) in [6, 6.07) is 0. The van der Waals surface area contributed by atoms with Gasteiger partial charge in [-0.25, -0.2) is 0 Å². The maximum absolute atomic E-state index is 11.3. The fourth-order valence-corrected chi connectivity index (χ4v) is 1.50. The molecular formula is C11H20O2. The maximum atomic E-state index is 11.3. The van der Waals surface area contributed by atoms with Crippen molar-refractivity contribution in [3.63, 3.8) is 0 Å². The standard InChI is InChI=1S/C11H20O2/c1-8-7-9(8)5-6-10(12)13-11(2,3)4/h8-9H,5-7H2,1-4H3/t8-,9+/m1/s1. The lowest BCUT2D eigenvalue weighted by atomic mass is 10.1. The highest BCUT2D eigenvalue weighted by atomic mass is 16.6. The summed E-state index contributed by atoms with van der Waals surface area (Å²) in [6.07, 6.45) is 2.89. The molecule has 1 rings (SSSR count). The summed E-state index contributed by atoms with van der Waals surface area (Å²) >= 11 is 0. The molecule has 0 aliphatic heterocycles. The number of hydrogen-bond acceptors (Lipinski definition) is 2. The lowest BCUT2D eigenvalue weighted by molar-refractivity contribution is -0.155. The van der Waals surface area contributed by atoms with Gasteiger partial charge in [-0.2, -0.15) is 0 Å². The van der Waals surface area contributed by atoms with Crippen LogP contribution in [0.1, 0.15) is 47.0 Å². The highest BCUT2D eigenvalue weighted by molar-refractivity contribution is 5.69. The first-order valence-electron chi connectivity index (χ1n) is 5.10. The molecule has 1 aliphatic carbocycles. The van der Waals surface area contributed by atoms with Crippen molar-refractivity contribution in [1.82, 2.24) is 0 Å². The second-order valence-corrected chi connectivity index (χ2v) is 5.10. The first kappa shape index (κ1) is 10.6. The van der Waals surface area contributed by atoms with Crippen LogP contribution >= 0.6 is 0 Å². The van der Waals surface area contributed by atoms with Crippen molar-refractivity contribution >= 4 is 5.97 Å². The topological polar surface area (TPSA) is 26.3 Å². The van der Waals surface area contributed by atoms with Crippen LogP contribution in [0.15, 0.2) is 0 Å². The van der Waals surface area contributed by atoms with Crippen molar-refractivity contribution in [1.29, 1.82) is 0 Å². The van der Waals surface area contributed by atoms with Crippen LogP contribution in [-0.2, 0) is 9.53 Å².